The number of hydrogen-bond donors (Lipinski definition) is 2. The van der Waals surface area contributed by atoms with Gasteiger partial charge >= 0.3 is 0 Å². The third-order valence-corrected chi connectivity index (χ3v) is 6.37. The van der Waals surface area contributed by atoms with E-state index >= 15 is 0 Å². The van der Waals surface area contributed by atoms with Crippen molar-refractivity contribution in [1.82, 2.24) is 30.3 Å². The summed E-state index contributed by atoms with van der Waals surface area (Å²) in [5, 5.41) is 20.9. The summed E-state index contributed by atoms with van der Waals surface area (Å²) in [5.41, 5.74) is 6.05. The van der Waals surface area contributed by atoms with E-state index in [1.807, 2.05) is 4.57 Å². The standard InChI is InChI=1S/C20H24FN7O2S2/c1-12(2)10-28-16(8-7-15(22)29)24-27-20(28)31-11-17-25-26-19(32-17)18(30)23-9-13-3-5-14(21)6-4-13/h3-6,12H,7-11H2,1-2H3,(H2,22,29)(H,23,30). The molecule has 0 bridgehead atoms. The minimum absolute atomic E-state index is 0.216. The van der Waals surface area contributed by atoms with Crippen molar-refractivity contribution in [2.24, 2.45) is 11.7 Å². The maximum Gasteiger partial charge on any atom is 0.282 e. The van der Waals surface area contributed by atoms with Gasteiger partial charge in [-0.3, -0.25) is 9.59 Å². The van der Waals surface area contributed by atoms with E-state index in [2.05, 4.69) is 39.6 Å². The summed E-state index contributed by atoms with van der Waals surface area (Å²) in [6, 6.07) is 5.92. The summed E-state index contributed by atoms with van der Waals surface area (Å²) >= 11 is 2.65. The molecule has 0 atom stereocenters. The van der Waals surface area contributed by atoms with Crippen LogP contribution in [-0.4, -0.2) is 36.8 Å². The highest BCUT2D eigenvalue weighted by molar-refractivity contribution is 7.98. The lowest BCUT2D eigenvalue weighted by Gasteiger charge is -2.11. The van der Waals surface area contributed by atoms with Gasteiger partial charge in [-0.2, -0.15) is 0 Å². The van der Waals surface area contributed by atoms with Gasteiger partial charge < -0.3 is 15.6 Å². The number of rotatable bonds is 11. The molecule has 9 nitrogen and oxygen atoms in total. The van der Waals surface area contributed by atoms with Crippen LogP contribution in [0.4, 0.5) is 4.39 Å². The van der Waals surface area contributed by atoms with Gasteiger partial charge in [-0.15, -0.1) is 20.4 Å². The van der Waals surface area contributed by atoms with E-state index in [9.17, 15) is 14.0 Å². The van der Waals surface area contributed by atoms with Gasteiger partial charge in [0, 0.05) is 25.9 Å². The first kappa shape index (κ1) is 23.8. The third kappa shape index (κ3) is 6.82. The van der Waals surface area contributed by atoms with Gasteiger partial charge in [0.25, 0.3) is 5.91 Å². The predicted octanol–water partition coefficient (Wildman–Crippen LogP) is 2.56. The second kappa shape index (κ2) is 11.1. The molecule has 3 aromatic rings. The monoisotopic (exact) mass is 477 g/mol. The molecular weight excluding hydrogens is 453 g/mol. The molecule has 2 amide bonds. The second-order valence-electron chi connectivity index (χ2n) is 7.47. The summed E-state index contributed by atoms with van der Waals surface area (Å²) in [6.45, 7) is 5.17. The molecule has 32 heavy (non-hydrogen) atoms. The number of nitrogens with zero attached hydrogens (tertiary/aromatic N) is 5. The Labute approximate surface area is 193 Å². The Morgan fingerprint density at radius 1 is 1.19 bits per heavy atom. The van der Waals surface area contributed by atoms with Crippen molar-refractivity contribution in [3.8, 4) is 0 Å². The van der Waals surface area contributed by atoms with Crippen LogP contribution in [0.15, 0.2) is 29.4 Å². The van der Waals surface area contributed by atoms with Crippen LogP contribution in [0.3, 0.4) is 0 Å². The number of hydrogen-bond acceptors (Lipinski definition) is 8. The quantitative estimate of drug-likeness (QED) is 0.406. The average molecular weight is 478 g/mol. The number of aryl methyl sites for hydroxylation is 1. The number of nitrogens with two attached hydrogens (primary N) is 1. The van der Waals surface area contributed by atoms with Gasteiger partial charge in [0.15, 0.2) is 5.16 Å². The van der Waals surface area contributed by atoms with Gasteiger partial charge in [-0.1, -0.05) is 49.1 Å². The minimum atomic E-state index is -0.377. The van der Waals surface area contributed by atoms with Crippen LogP contribution in [0, 0.1) is 11.7 Å². The first-order valence-corrected chi connectivity index (χ1v) is 11.8. The van der Waals surface area contributed by atoms with Crippen LogP contribution < -0.4 is 11.1 Å². The molecular formula is C20H24FN7O2S2. The molecule has 0 aliphatic rings. The van der Waals surface area contributed by atoms with E-state index in [-0.39, 0.29) is 35.6 Å². The second-order valence-corrected chi connectivity index (χ2v) is 9.47. The van der Waals surface area contributed by atoms with Gasteiger partial charge in [0.1, 0.15) is 16.6 Å². The normalized spacial score (nSPS) is 11.1. The number of aromatic nitrogens is 5. The van der Waals surface area contributed by atoms with Crippen LogP contribution in [0.25, 0.3) is 0 Å². The molecule has 3 rings (SSSR count). The van der Waals surface area contributed by atoms with E-state index in [0.29, 0.717) is 23.1 Å². The first-order valence-electron chi connectivity index (χ1n) is 10.00. The molecule has 2 aromatic heterocycles. The number of carbonyl (C=O) groups is 2. The van der Waals surface area contributed by atoms with Crippen molar-refractivity contribution in [1.29, 1.82) is 0 Å². The topological polar surface area (TPSA) is 129 Å². The third-order valence-electron chi connectivity index (χ3n) is 4.29. The lowest BCUT2D eigenvalue weighted by atomic mass is 10.2. The van der Waals surface area contributed by atoms with Crippen LogP contribution in [-0.2, 0) is 30.1 Å². The highest BCUT2D eigenvalue weighted by Gasteiger charge is 2.17. The number of carbonyl (C=O) groups excluding carboxylic acids is 2. The van der Waals surface area contributed by atoms with Crippen molar-refractivity contribution in [2.75, 3.05) is 0 Å². The van der Waals surface area contributed by atoms with Crippen molar-refractivity contribution < 1.29 is 14.0 Å². The van der Waals surface area contributed by atoms with E-state index in [0.717, 1.165) is 23.1 Å². The summed E-state index contributed by atoms with van der Waals surface area (Å²) in [7, 11) is 0. The Morgan fingerprint density at radius 2 is 1.94 bits per heavy atom. The van der Waals surface area contributed by atoms with E-state index in [1.165, 1.54) is 35.2 Å². The number of amides is 2. The van der Waals surface area contributed by atoms with Crippen LogP contribution in [0.1, 0.15) is 46.5 Å². The maximum absolute atomic E-state index is 13.0. The molecule has 0 unspecified atom stereocenters. The van der Waals surface area contributed by atoms with Crippen LogP contribution in [0.2, 0.25) is 0 Å². The molecule has 0 aliphatic heterocycles. The fraction of sp³-hybridized carbons (Fsp3) is 0.400. The number of thioether (sulfide) groups is 1. The molecule has 3 N–H and O–H groups in total. The van der Waals surface area contributed by atoms with Crippen molar-refractivity contribution in [3.63, 3.8) is 0 Å². The Kier molecular flexibility index (Phi) is 8.28. The number of benzene rings is 1. The Hall–Kier alpha value is -2.86. The number of primary amides is 1. The van der Waals surface area contributed by atoms with Crippen molar-refractivity contribution >= 4 is 34.9 Å². The Morgan fingerprint density at radius 3 is 2.62 bits per heavy atom. The lowest BCUT2D eigenvalue weighted by molar-refractivity contribution is -0.118. The molecule has 0 radical (unpaired) electrons. The molecule has 1 aromatic carbocycles. The predicted molar refractivity (Wildman–Crippen MR) is 119 cm³/mol. The summed E-state index contributed by atoms with van der Waals surface area (Å²) in [4.78, 5) is 23.4. The van der Waals surface area contributed by atoms with E-state index in [1.54, 1.807) is 12.1 Å². The fourth-order valence-corrected chi connectivity index (χ4v) is 4.49. The highest BCUT2D eigenvalue weighted by atomic mass is 32.2. The Balaban J connectivity index is 1.58. The zero-order valence-electron chi connectivity index (χ0n) is 17.7. The van der Waals surface area contributed by atoms with Gasteiger partial charge in [0.05, 0.1) is 5.75 Å². The van der Waals surface area contributed by atoms with Crippen LogP contribution in [0.5, 0.6) is 0 Å². The van der Waals surface area contributed by atoms with Gasteiger partial charge in [0.2, 0.25) is 10.9 Å². The zero-order valence-corrected chi connectivity index (χ0v) is 19.4. The molecule has 12 heteroatoms. The molecule has 0 aliphatic carbocycles. The fourth-order valence-electron chi connectivity index (χ4n) is 2.78. The molecule has 0 spiro atoms. The number of halogens is 1. The molecule has 170 valence electrons. The molecule has 2 heterocycles. The van der Waals surface area contributed by atoms with Gasteiger partial charge in [-0.05, 0) is 23.6 Å². The zero-order chi connectivity index (χ0) is 23.1. The highest BCUT2D eigenvalue weighted by Crippen LogP contribution is 2.25. The van der Waals surface area contributed by atoms with Crippen molar-refractivity contribution in [2.45, 2.75) is 50.7 Å². The Bertz CT molecular complexity index is 1070. The average Bonchev–Trinajstić information content (AvgIpc) is 3.37. The minimum Gasteiger partial charge on any atom is -0.370 e. The lowest BCUT2D eigenvalue weighted by Crippen LogP contribution is -2.22. The van der Waals surface area contributed by atoms with Gasteiger partial charge in [-0.25, -0.2) is 4.39 Å². The first-order chi connectivity index (χ1) is 15.3. The van der Waals surface area contributed by atoms with E-state index < -0.39 is 0 Å². The van der Waals surface area contributed by atoms with Crippen molar-refractivity contribution in [3.05, 3.63) is 51.5 Å². The van der Waals surface area contributed by atoms with Crippen LogP contribution >= 0.6 is 23.1 Å². The summed E-state index contributed by atoms with van der Waals surface area (Å²) in [5.74, 6) is 0.538. The summed E-state index contributed by atoms with van der Waals surface area (Å²) in [6.07, 6.45) is 0.653. The summed E-state index contributed by atoms with van der Waals surface area (Å²) < 4.78 is 15.0. The molecule has 0 saturated carbocycles. The largest absolute Gasteiger partial charge is 0.370 e. The maximum atomic E-state index is 13.0. The molecule has 0 saturated heterocycles. The SMILES string of the molecule is CC(C)Cn1c(CCC(N)=O)nnc1SCc1nnc(C(=O)NCc2ccc(F)cc2)s1. The molecule has 0 fully saturated rings. The smallest absolute Gasteiger partial charge is 0.282 e. The van der Waals surface area contributed by atoms with E-state index in [4.69, 9.17) is 5.73 Å². The number of nitrogens with one attached hydrogen (secondary N) is 1.